The molecule has 20 heteroatoms. The van der Waals surface area contributed by atoms with Crippen LogP contribution in [-0.4, -0.2) is 91.3 Å². The molecule has 0 radical (unpaired) electrons. The number of ether oxygens (including phenoxy) is 2. The van der Waals surface area contributed by atoms with Crippen LogP contribution in [0.1, 0.15) is 31.7 Å². The number of phosphoric ester groups is 1. The summed E-state index contributed by atoms with van der Waals surface area (Å²) in [5, 5.41) is 22.6. The SMILES string of the molecule is Nc1nc2c(ncn2[C@@H]2OC3CCC[C@H]4[C@@H](O)[C@H](n5cnc6c(Cl)ncnc65)O[C@@H]4COP(=O)(O)O[C@@H]2[C@@H]3O)c(=O)[nH]1. The van der Waals surface area contributed by atoms with Gasteiger partial charge in [0.05, 0.1) is 31.5 Å². The van der Waals surface area contributed by atoms with Crippen molar-refractivity contribution in [2.75, 3.05) is 12.3 Å². The molecule has 3 aliphatic rings. The van der Waals surface area contributed by atoms with Crippen LogP contribution in [0.4, 0.5) is 5.95 Å². The number of nitrogen functional groups attached to an aromatic ring is 1. The van der Waals surface area contributed by atoms with E-state index in [-0.39, 0.29) is 22.3 Å². The normalized spacial score (nSPS) is 35.7. The molecule has 6 N–H and O–H groups in total. The monoisotopic (exact) mass is 625 g/mol. The molecule has 9 atom stereocenters. The van der Waals surface area contributed by atoms with Crippen molar-refractivity contribution in [1.29, 1.82) is 0 Å². The quantitative estimate of drug-likeness (QED) is 0.145. The molecule has 0 spiro atoms. The lowest BCUT2D eigenvalue weighted by molar-refractivity contribution is -0.0568. The smallest absolute Gasteiger partial charge is 0.388 e. The number of anilines is 1. The molecule has 0 aliphatic carbocycles. The fourth-order valence-electron chi connectivity index (χ4n) is 5.88. The Kier molecular flexibility index (Phi) is 6.80. The van der Waals surface area contributed by atoms with Crippen molar-refractivity contribution < 1.29 is 38.2 Å². The van der Waals surface area contributed by atoms with Crippen LogP contribution in [0.15, 0.2) is 23.8 Å². The third-order valence-electron chi connectivity index (χ3n) is 7.83. The first-order chi connectivity index (χ1) is 20.1. The Hall–Kier alpha value is -3.06. The molecule has 0 amide bonds. The van der Waals surface area contributed by atoms with Gasteiger partial charge in [0.2, 0.25) is 5.95 Å². The fraction of sp³-hybridized carbons (Fsp3) is 0.545. The summed E-state index contributed by atoms with van der Waals surface area (Å²) in [4.78, 5) is 45.8. The van der Waals surface area contributed by atoms with E-state index < -0.39 is 68.9 Å². The molecule has 3 fully saturated rings. The van der Waals surface area contributed by atoms with E-state index in [9.17, 15) is 24.5 Å². The first-order valence-corrected chi connectivity index (χ1v) is 14.9. The highest BCUT2D eigenvalue weighted by atomic mass is 35.5. The molecule has 4 aromatic heterocycles. The van der Waals surface area contributed by atoms with Crippen molar-refractivity contribution in [2.45, 2.75) is 62.2 Å². The summed E-state index contributed by atoms with van der Waals surface area (Å²) in [6, 6.07) is 0. The molecule has 42 heavy (non-hydrogen) atoms. The Labute approximate surface area is 240 Å². The van der Waals surface area contributed by atoms with Crippen LogP contribution in [-0.2, 0) is 23.1 Å². The minimum absolute atomic E-state index is 0.0383. The van der Waals surface area contributed by atoms with Crippen LogP contribution >= 0.6 is 19.4 Å². The van der Waals surface area contributed by atoms with Gasteiger partial charge in [-0.1, -0.05) is 18.0 Å². The molecule has 3 saturated heterocycles. The molecule has 0 saturated carbocycles. The number of nitrogens with zero attached hydrogens (tertiary/aromatic N) is 7. The van der Waals surface area contributed by atoms with Crippen molar-refractivity contribution in [3.8, 4) is 0 Å². The number of aliphatic hydroxyl groups excluding tert-OH is 2. The Balaban J connectivity index is 1.17. The lowest BCUT2D eigenvalue weighted by atomic mass is 9.91. The van der Waals surface area contributed by atoms with Crippen molar-refractivity contribution >= 4 is 47.7 Å². The van der Waals surface area contributed by atoms with Crippen LogP contribution in [0.2, 0.25) is 5.15 Å². The number of fused-ring (bicyclic) bond motifs is 5. The second kappa shape index (κ2) is 10.3. The lowest BCUT2D eigenvalue weighted by Crippen LogP contribution is -2.35. The topological polar surface area (TPSA) is 248 Å². The van der Waals surface area contributed by atoms with Gasteiger partial charge < -0.3 is 30.3 Å². The molecule has 18 nitrogen and oxygen atoms in total. The highest BCUT2D eigenvalue weighted by Gasteiger charge is 2.51. The summed E-state index contributed by atoms with van der Waals surface area (Å²) in [5.41, 5.74) is 5.78. The molecular formula is C22H25ClN9O9P. The molecular weight excluding hydrogens is 601 g/mol. The average Bonchev–Trinajstić information content (AvgIpc) is 3.69. The van der Waals surface area contributed by atoms with E-state index in [0.29, 0.717) is 30.4 Å². The Morgan fingerprint density at radius 3 is 2.55 bits per heavy atom. The van der Waals surface area contributed by atoms with E-state index in [1.54, 1.807) is 0 Å². The van der Waals surface area contributed by atoms with E-state index in [2.05, 4.69) is 29.9 Å². The summed E-state index contributed by atoms with van der Waals surface area (Å²) in [6.45, 7) is -0.409. The van der Waals surface area contributed by atoms with Gasteiger partial charge in [-0.2, -0.15) is 4.98 Å². The summed E-state index contributed by atoms with van der Waals surface area (Å²) in [7, 11) is -4.84. The van der Waals surface area contributed by atoms with Crippen molar-refractivity contribution in [3.63, 3.8) is 0 Å². The maximum absolute atomic E-state index is 13.1. The third kappa shape index (κ3) is 4.59. The van der Waals surface area contributed by atoms with Gasteiger partial charge in [0.15, 0.2) is 34.4 Å². The van der Waals surface area contributed by atoms with Gasteiger partial charge in [-0.25, -0.2) is 24.5 Å². The number of H-pyrrole nitrogens is 1. The Bertz CT molecular complexity index is 1770. The maximum atomic E-state index is 13.1. The Morgan fingerprint density at radius 1 is 1.00 bits per heavy atom. The van der Waals surface area contributed by atoms with Gasteiger partial charge in [0.1, 0.15) is 30.2 Å². The number of hydrogen-bond acceptors (Lipinski definition) is 14. The zero-order chi connectivity index (χ0) is 29.3. The lowest BCUT2D eigenvalue weighted by Gasteiger charge is -2.26. The van der Waals surface area contributed by atoms with E-state index in [1.165, 1.54) is 28.1 Å². The number of aromatic amines is 1. The third-order valence-corrected chi connectivity index (χ3v) is 9.09. The maximum Gasteiger partial charge on any atom is 0.472 e. The standard InChI is InChI=1S/C22H25ClN9O9P/c23-16-11-17(26-5-25-16)31(6-27-11)20-13(33)8-2-1-3-9-14(34)15(41-42(36,37)38-4-10(8)40-20)21(39-9)32-7-28-12-18(32)29-22(24)30-19(12)35/h5-10,13-15,20-21,33-34H,1-4H2,(H,36,37)(H3,24,29,30,35)/t8-,9?,10-,13-,14-,15-,20-,21-/m1/s1. The predicted octanol–water partition coefficient (Wildman–Crippen LogP) is 0.0140. The largest absolute Gasteiger partial charge is 0.472 e. The number of halogens is 1. The first kappa shape index (κ1) is 27.8. The molecule has 224 valence electrons. The number of nitrogens with two attached hydrogens (primary N) is 1. The van der Waals surface area contributed by atoms with Gasteiger partial charge in [0, 0.05) is 5.92 Å². The van der Waals surface area contributed by atoms with Gasteiger partial charge in [-0.05, 0) is 12.8 Å². The second-order valence-electron chi connectivity index (χ2n) is 10.3. The van der Waals surface area contributed by atoms with Gasteiger partial charge in [-0.3, -0.25) is 28.0 Å². The zero-order valence-corrected chi connectivity index (χ0v) is 23.2. The van der Waals surface area contributed by atoms with E-state index in [0.717, 1.165) is 0 Å². The van der Waals surface area contributed by atoms with Crippen molar-refractivity contribution in [2.24, 2.45) is 5.92 Å². The molecule has 0 aromatic carbocycles. The van der Waals surface area contributed by atoms with E-state index in [4.69, 9.17) is 35.9 Å². The summed E-state index contributed by atoms with van der Waals surface area (Å²) < 4.78 is 39.0. The molecule has 7 heterocycles. The second-order valence-corrected chi connectivity index (χ2v) is 12.1. The first-order valence-electron chi connectivity index (χ1n) is 13.0. The number of hydrogen-bond donors (Lipinski definition) is 5. The zero-order valence-electron chi connectivity index (χ0n) is 21.5. The average molecular weight is 626 g/mol. The molecule has 7 rings (SSSR count). The van der Waals surface area contributed by atoms with E-state index >= 15 is 0 Å². The summed E-state index contributed by atoms with van der Waals surface area (Å²) >= 11 is 6.12. The van der Waals surface area contributed by atoms with Gasteiger partial charge in [-0.15, -0.1) is 0 Å². The van der Waals surface area contributed by atoms with Gasteiger partial charge in [0.25, 0.3) is 5.56 Å². The van der Waals surface area contributed by atoms with Crippen LogP contribution in [0.5, 0.6) is 0 Å². The number of aliphatic hydroxyl groups is 2. The predicted molar refractivity (Wildman–Crippen MR) is 141 cm³/mol. The number of phosphoric acid groups is 1. The molecule has 4 aromatic rings. The number of aromatic nitrogens is 8. The number of rotatable bonds is 2. The number of nitrogens with one attached hydrogen (secondary N) is 1. The highest BCUT2D eigenvalue weighted by molar-refractivity contribution is 7.47. The minimum atomic E-state index is -4.84. The van der Waals surface area contributed by atoms with E-state index in [1.807, 2.05) is 0 Å². The van der Waals surface area contributed by atoms with Gasteiger partial charge >= 0.3 is 7.82 Å². The summed E-state index contributed by atoms with van der Waals surface area (Å²) in [5.74, 6) is -0.711. The minimum Gasteiger partial charge on any atom is -0.388 e. The number of imidazole rings is 2. The Morgan fingerprint density at radius 2 is 1.74 bits per heavy atom. The van der Waals surface area contributed by atoms with Crippen LogP contribution in [0.25, 0.3) is 22.3 Å². The van der Waals surface area contributed by atoms with Crippen LogP contribution < -0.4 is 11.3 Å². The molecule has 2 bridgehead atoms. The fourth-order valence-corrected chi connectivity index (χ4v) is 6.99. The van der Waals surface area contributed by atoms with Crippen LogP contribution in [0, 0.1) is 5.92 Å². The highest BCUT2D eigenvalue weighted by Crippen LogP contribution is 2.51. The summed E-state index contributed by atoms with van der Waals surface area (Å²) in [6.07, 6.45) is -2.51. The molecule has 3 aliphatic heterocycles. The van der Waals surface area contributed by atoms with Crippen molar-refractivity contribution in [3.05, 3.63) is 34.5 Å². The van der Waals surface area contributed by atoms with Crippen LogP contribution in [0.3, 0.4) is 0 Å². The van der Waals surface area contributed by atoms with Crippen molar-refractivity contribution in [1.82, 2.24) is 39.0 Å². The molecule has 2 unspecified atom stereocenters.